The lowest BCUT2D eigenvalue weighted by Crippen LogP contribution is -2.57. The van der Waals surface area contributed by atoms with E-state index in [0.29, 0.717) is 13.0 Å². The Morgan fingerprint density at radius 1 is 1.33 bits per heavy atom. The molecular weight excluding hydrogens is 268 g/mol. The van der Waals surface area contributed by atoms with Crippen molar-refractivity contribution in [3.63, 3.8) is 0 Å². The van der Waals surface area contributed by atoms with Crippen molar-refractivity contribution in [2.45, 2.75) is 44.2 Å². The Kier molecular flexibility index (Phi) is 3.35. The average Bonchev–Trinajstić information content (AvgIpc) is 2.44. The molecule has 21 heavy (non-hydrogen) atoms. The molecule has 1 unspecified atom stereocenters. The van der Waals surface area contributed by atoms with Crippen molar-refractivity contribution in [2.24, 2.45) is 0 Å². The van der Waals surface area contributed by atoms with Gasteiger partial charge in [0, 0.05) is 12.1 Å². The topological polar surface area (TPSA) is 69.6 Å². The molecule has 0 saturated heterocycles. The smallest absolute Gasteiger partial charge is 0.331 e. The minimum atomic E-state index is -0.976. The van der Waals surface area contributed by atoms with Crippen LogP contribution in [0.1, 0.15) is 43.4 Å². The first kappa shape index (κ1) is 13.9. The molecule has 2 amide bonds. The third-order valence-corrected chi connectivity index (χ3v) is 4.64. The molecule has 1 fully saturated rings. The minimum Gasteiger partial charge on any atom is -0.479 e. The Hall–Kier alpha value is -2.04. The lowest BCUT2D eigenvalue weighted by atomic mass is 9.78. The maximum absolute atomic E-state index is 12.5. The second-order valence-electron chi connectivity index (χ2n) is 6.23. The van der Waals surface area contributed by atoms with E-state index in [2.05, 4.69) is 5.32 Å². The third kappa shape index (κ3) is 2.48. The lowest BCUT2D eigenvalue weighted by Gasteiger charge is -2.42. The Bertz CT molecular complexity index is 581. The van der Waals surface area contributed by atoms with Crippen molar-refractivity contribution < 1.29 is 14.7 Å². The highest BCUT2D eigenvalue weighted by atomic mass is 16.4. The molecule has 0 radical (unpaired) electrons. The van der Waals surface area contributed by atoms with Crippen LogP contribution in [0.25, 0.3) is 0 Å². The van der Waals surface area contributed by atoms with Crippen LogP contribution in [0.2, 0.25) is 0 Å². The fourth-order valence-corrected chi connectivity index (χ4v) is 3.21. The highest BCUT2D eigenvalue weighted by molar-refractivity contribution is 5.85. The molecule has 1 aromatic carbocycles. The summed E-state index contributed by atoms with van der Waals surface area (Å²) in [7, 11) is 0. The Morgan fingerprint density at radius 2 is 2.05 bits per heavy atom. The van der Waals surface area contributed by atoms with Crippen molar-refractivity contribution in [3.05, 3.63) is 35.4 Å². The number of amides is 2. The van der Waals surface area contributed by atoms with Gasteiger partial charge in [0.05, 0.1) is 0 Å². The number of hydrogen-bond acceptors (Lipinski definition) is 2. The molecule has 1 aliphatic heterocycles. The first-order valence-electron chi connectivity index (χ1n) is 7.40. The third-order valence-electron chi connectivity index (χ3n) is 4.64. The number of benzene rings is 1. The maximum atomic E-state index is 12.5. The number of aliphatic carboxylic acids is 1. The van der Waals surface area contributed by atoms with Gasteiger partial charge in [-0.25, -0.2) is 9.59 Å². The molecule has 1 aromatic rings. The first-order valence-corrected chi connectivity index (χ1v) is 7.40. The summed E-state index contributed by atoms with van der Waals surface area (Å²) in [6, 6.07) is 6.32. The van der Waals surface area contributed by atoms with E-state index in [4.69, 9.17) is 0 Å². The van der Waals surface area contributed by atoms with Gasteiger partial charge in [0.2, 0.25) is 0 Å². The van der Waals surface area contributed by atoms with Gasteiger partial charge in [-0.1, -0.05) is 24.3 Å². The van der Waals surface area contributed by atoms with Crippen LogP contribution in [-0.2, 0) is 11.2 Å². The number of carbonyl (C=O) groups excluding carboxylic acids is 1. The summed E-state index contributed by atoms with van der Waals surface area (Å²) in [5.41, 5.74) is 1.57. The molecule has 1 saturated carbocycles. The van der Waals surface area contributed by atoms with E-state index in [0.717, 1.165) is 30.4 Å². The molecule has 1 heterocycles. The lowest BCUT2D eigenvalue weighted by molar-refractivity contribution is -0.142. The molecule has 1 atom stereocenters. The number of urea groups is 1. The minimum absolute atomic E-state index is 0.170. The van der Waals surface area contributed by atoms with E-state index < -0.39 is 12.0 Å². The van der Waals surface area contributed by atoms with Crippen LogP contribution in [0, 0.1) is 0 Å². The second-order valence-corrected chi connectivity index (χ2v) is 6.23. The average molecular weight is 288 g/mol. The van der Waals surface area contributed by atoms with Crippen LogP contribution in [0.5, 0.6) is 0 Å². The number of rotatable bonds is 2. The Labute approximate surface area is 123 Å². The number of hydrogen-bond donors (Lipinski definition) is 2. The van der Waals surface area contributed by atoms with Gasteiger partial charge in [-0.15, -0.1) is 0 Å². The van der Waals surface area contributed by atoms with E-state index in [-0.39, 0.29) is 11.6 Å². The predicted molar refractivity (Wildman–Crippen MR) is 78.0 cm³/mol. The Balaban J connectivity index is 1.85. The molecule has 1 aliphatic carbocycles. The van der Waals surface area contributed by atoms with Crippen LogP contribution >= 0.6 is 0 Å². The number of carboxylic acids is 1. The van der Waals surface area contributed by atoms with E-state index in [1.807, 2.05) is 25.1 Å². The summed E-state index contributed by atoms with van der Waals surface area (Å²) in [6.07, 6.45) is 3.73. The summed E-state index contributed by atoms with van der Waals surface area (Å²) in [6.45, 7) is 2.46. The van der Waals surface area contributed by atoms with Gasteiger partial charge in [0.25, 0.3) is 0 Å². The monoisotopic (exact) mass is 288 g/mol. The zero-order chi connectivity index (χ0) is 15.0. The summed E-state index contributed by atoms with van der Waals surface area (Å²) in [4.78, 5) is 25.6. The molecule has 0 bridgehead atoms. The summed E-state index contributed by atoms with van der Waals surface area (Å²) in [5, 5.41) is 12.6. The van der Waals surface area contributed by atoms with E-state index in [9.17, 15) is 14.7 Å². The van der Waals surface area contributed by atoms with Crippen LogP contribution in [0.4, 0.5) is 4.79 Å². The summed E-state index contributed by atoms with van der Waals surface area (Å²) in [5.74, 6) is -0.976. The fourth-order valence-electron chi connectivity index (χ4n) is 3.21. The fraction of sp³-hybridized carbons (Fsp3) is 0.500. The highest BCUT2D eigenvalue weighted by Crippen LogP contribution is 2.33. The van der Waals surface area contributed by atoms with E-state index in [1.165, 1.54) is 4.90 Å². The highest BCUT2D eigenvalue weighted by Gasteiger charge is 2.40. The van der Waals surface area contributed by atoms with E-state index in [1.54, 1.807) is 6.07 Å². The largest absolute Gasteiger partial charge is 0.479 e. The SMILES string of the molecule is CC1(NC(=O)N2CCc3ccccc3C2C(=O)O)CCC1. The van der Waals surface area contributed by atoms with Gasteiger partial charge >= 0.3 is 12.0 Å². The van der Waals surface area contributed by atoms with Crippen LogP contribution in [-0.4, -0.2) is 34.1 Å². The van der Waals surface area contributed by atoms with Gasteiger partial charge in [-0.2, -0.15) is 0 Å². The zero-order valence-corrected chi connectivity index (χ0v) is 12.1. The molecule has 5 heteroatoms. The molecule has 0 spiro atoms. The van der Waals surface area contributed by atoms with Crippen molar-refractivity contribution in [3.8, 4) is 0 Å². The van der Waals surface area contributed by atoms with Crippen molar-refractivity contribution in [2.75, 3.05) is 6.54 Å². The van der Waals surface area contributed by atoms with Gasteiger partial charge < -0.3 is 15.3 Å². The quantitative estimate of drug-likeness (QED) is 0.877. The molecule has 0 aromatic heterocycles. The van der Waals surface area contributed by atoms with Crippen molar-refractivity contribution in [1.29, 1.82) is 0 Å². The number of nitrogens with one attached hydrogen (secondary N) is 1. The molecule has 2 N–H and O–H groups in total. The maximum Gasteiger partial charge on any atom is 0.331 e. The van der Waals surface area contributed by atoms with Gasteiger partial charge in [0.15, 0.2) is 6.04 Å². The molecule has 5 nitrogen and oxygen atoms in total. The van der Waals surface area contributed by atoms with Crippen molar-refractivity contribution >= 4 is 12.0 Å². The van der Waals surface area contributed by atoms with Gasteiger partial charge in [0.1, 0.15) is 0 Å². The molecule has 112 valence electrons. The van der Waals surface area contributed by atoms with Gasteiger partial charge in [-0.05, 0) is 43.7 Å². The number of fused-ring (bicyclic) bond motifs is 1. The van der Waals surface area contributed by atoms with Crippen LogP contribution in [0.3, 0.4) is 0 Å². The van der Waals surface area contributed by atoms with E-state index >= 15 is 0 Å². The first-order chi connectivity index (χ1) is 10.0. The normalized spacial score (nSPS) is 22.9. The summed E-state index contributed by atoms with van der Waals surface area (Å²) < 4.78 is 0. The zero-order valence-electron chi connectivity index (χ0n) is 12.1. The number of carbonyl (C=O) groups is 2. The molecular formula is C16H20N2O3. The molecule has 2 aliphatic rings. The Morgan fingerprint density at radius 3 is 2.67 bits per heavy atom. The van der Waals surface area contributed by atoms with Crippen molar-refractivity contribution in [1.82, 2.24) is 10.2 Å². The summed E-state index contributed by atoms with van der Waals surface area (Å²) >= 11 is 0. The molecule has 3 rings (SSSR count). The standard InChI is InChI=1S/C16H20N2O3/c1-16(8-4-9-16)17-15(21)18-10-7-11-5-2-3-6-12(11)13(18)14(19)20/h2-3,5-6,13H,4,7-10H2,1H3,(H,17,21)(H,19,20). The predicted octanol–water partition coefficient (Wildman–Crippen LogP) is 2.32. The number of nitrogens with zero attached hydrogens (tertiary/aromatic N) is 1. The van der Waals surface area contributed by atoms with Crippen LogP contribution in [0.15, 0.2) is 24.3 Å². The van der Waals surface area contributed by atoms with Gasteiger partial charge in [-0.3, -0.25) is 0 Å². The van der Waals surface area contributed by atoms with Crippen LogP contribution < -0.4 is 5.32 Å². The number of carboxylic acid groups (broad SMARTS) is 1. The second kappa shape index (κ2) is 5.06.